The first-order valence-electron chi connectivity index (χ1n) is 10.3. The van der Waals surface area contributed by atoms with Crippen LogP contribution in [0, 0.1) is 42.2 Å². The van der Waals surface area contributed by atoms with E-state index in [-0.39, 0.29) is 5.56 Å². The molecule has 2 aliphatic rings. The van der Waals surface area contributed by atoms with Gasteiger partial charge in [0, 0.05) is 11.1 Å². The van der Waals surface area contributed by atoms with Gasteiger partial charge in [-0.05, 0) is 99.7 Å². The van der Waals surface area contributed by atoms with Gasteiger partial charge in [0.25, 0.3) is 0 Å². The third-order valence-electron chi connectivity index (χ3n) is 6.90. The molecular weight excluding hydrogens is 350 g/mol. The third kappa shape index (κ3) is 5.09. The van der Waals surface area contributed by atoms with E-state index in [1.165, 1.54) is 70.4 Å². The smallest absolute Gasteiger partial charge is 0.129 e. The fraction of sp³-hybridized carbons (Fsp3) is 0.652. The summed E-state index contributed by atoms with van der Waals surface area (Å²) in [5.41, 5.74) is 2.62. The third-order valence-corrected chi connectivity index (χ3v) is 7.05. The van der Waals surface area contributed by atoms with E-state index in [1.807, 2.05) is 0 Å². The van der Waals surface area contributed by atoms with Crippen LogP contribution in [0.3, 0.4) is 0 Å². The van der Waals surface area contributed by atoms with Crippen molar-refractivity contribution >= 4 is 11.6 Å². The molecule has 0 amide bonds. The summed E-state index contributed by atoms with van der Waals surface area (Å²) in [5, 5.41) is 0. The second kappa shape index (κ2) is 9.35. The highest BCUT2D eigenvalue weighted by molar-refractivity contribution is 6.25. The monoisotopic (exact) mass is 380 g/mol. The second-order valence-corrected chi connectivity index (χ2v) is 8.75. The van der Waals surface area contributed by atoms with E-state index in [0.29, 0.717) is 11.8 Å². The largest absolute Gasteiger partial charge is 0.207 e. The Bertz CT molecular complexity index is 586. The Labute approximate surface area is 162 Å². The SMILES string of the molecule is Cc1c(F)cc(CCC2CCC(C3CCC(C=CCl)CC3)CC2)cc1F. The summed E-state index contributed by atoms with van der Waals surface area (Å²) in [5.74, 6) is 2.37. The van der Waals surface area contributed by atoms with E-state index >= 15 is 0 Å². The summed E-state index contributed by atoms with van der Waals surface area (Å²) in [6.45, 7) is 1.50. The molecule has 2 aliphatic carbocycles. The zero-order valence-corrected chi connectivity index (χ0v) is 16.6. The van der Waals surface area contributed by atoms with Crippen LogP contribution in [0.25, 0.3) is 0 Å². The first-order valence-corrected chi connectivity index (χ1v) is 10.7. The molecular formula is C23H31ClF2. The Kier molecular flexibility index (Phi) is 7.14. The lowest BCUT2D eigenvalue weighted by Gasteiger charge is -2.37. The van der Waals surface area contributed by atoms with E-state index in [4.69, 9.17) is 11.6 Å². The number of halogens is 3. The molecule has 1 aromatic carbocycles. The van der Waals surface area contributed by atoms with Crippen LogP contribution in [0.4, 0.5) is 8.78 Å². The summed E-state index contributed by atoms with van der Waals surface area (Å²) in [7, 11) is 0. The van der Waals surface area contributed by atoms with Gasteiger partial charge in [-0.25, -0.2) is 8.78 Å². The Hall–Kier alpha value is -0.890. The fourth-order valence-corrected chi connectivity index (χ4v) is 5.28. The average molecular weight is 381 g/mol. The molecule has 144 valence electrons. The van der Waals surface area contributed by atoms with Crippen molar-refractivity contribution < 1.29 is 8.78 Å². The number of hydrogen-bond acceptors (Lipinski definition) is 0. The van der Waals surface area contributed by atoms with Crippen molar-refractivity contribution in [1.82, 2.24) is 0 Å². The number of benzene rings is 1. The maximum absolute atomic E-state index is 13.7. The van der Waals surface area contributed by atoms with E-state index in [9.17, 15) is 8.78 Å². The van der Waals surface area contributed by atoms with E-state index in [2.05, 4.69) is 6.08 Å². The molecule has 3 heteroatoms. The Morgan fingerprint density at radius 3 is 2.00 bits per heavy atom. The lowest BCUT2D eigenvalue weighted by atomic mass is 9.68. The Balaban J connectivity index is 1.42. The Morgan fingerprint density at radius 2 is 1.46 bits per heavy atom. The first-order chi connectivity index (χ1) is 12.6. The molecule has 0 radical (unpaired) electrons. The van der Waals surface area contributed by atoms with Gasteiger partial charge in [0.15, 0.2) is 0 Å². The van der Waals surface area contributed by atoms with Gasteiger partial charge in [0.2, 0.25) is 0 Å². The summed E-state index contributed by atoms with van der Waals surface area (Å²) in [6, 6.07) is 3.02. The minimum absolute atomic E-state index is 0.130. The Morgan fingerprint density at radius 1 is 0.923 bits per heavy atom. The quantitative estimate of drug-likeness (QED) is 0.494. The van der Waals surface area contributed by atoms with E-state index in [1.54, 1.807) is 5.54 Å². The number of allylic oxidation sites excluding steroid dienone is 1. The minimum atomic E-state index is -0.414. The van der Waals surface area contributed by atoms with E-state index < -0.39 is 11.6 Å². The summed E-state index contributed by atoms with van der Waals surface area (Å²) < 4.78 is 27.4. The zero-order chi connectivity index (χ0) is 18.5. The number of aryl methyl sites for hydroxylation is 1. The van der Waals surface area contributed by atoms with Crippen LogP contribution >= 0.6 is 11.6 Å². The molecule has 26 heavy (non-hydrogen) atoms. The maximum Gasteiger partial charge on any atom is 0.129 e. The topological polar surface area (TPSA) is 0 Å². The van der Waals surface area contributed by atoms with E-state index in [0.717, 1.165) is 30.2 Å². The van der Waals surface area contributed by atoms with Crippen LogP contribution in [0.1, 0.15) is 68.9 Å². The van der Waals surface area contributed by atoms with Crippen LogP contribution in [0.5, 0.6) is 0 Å². The molecule has 3 rings (SSSR count). The molecule has 0 atom stereocenters. The average Bonchev–Trinajstić information content (AvgIpc) is 2.66. The van der Waals surface area contributed by atoms with Gasteiger partial charge in [-0.15, -0.1) is 0 Å². The minimum Gasteiger partial charge on any atom is -0.207 e. The second-order valence-electron chi connectivity index (χ2n) is 8.50. The van der Waals surface area contributed by atoms with Crippen molar-refractivity contribution in [1.29, 1.82) is 0 Å². The maximum atomic E-state index is 13.7. The van der Waals surface area contributed by atoms with Crippen molar-refractivity contribution in [3.8, 4) is 0 Å². The molecule has 0 spiro atoms. The van der Waals surface area contributed by atoms with Gasteiger partial charge < -0.3 is 0 Å². The molecule has 2 fully saturated rings. The van der Waals surface area contributed by atoms with Gasteiger partial charge in [-0.3, -0.25) is 0 Å². The molecule has 0 bridgehead atoms. The predicted molar refractivity (Wildman–Crippen MR) is 105 cm³/mol. The van der Waals surface area contributed by atoms with Gasteiger partial charge in [-0.2, -0.15) is 0 Å². The molecule has 1 aromatic rings. The molecule has 0 nitrogen and oxygen atoms in total. The van der Waals surface area contributed by atoms with Gasteiger partial charge in [0.1, 0.15) is 11.6 Å². The lowest BCUT2D eigenvalue weighted by Crippen LogP contribution is -2.25. The highest BCUT2D eigenvalue weighted by Gasteiger charge is 2.30. The first kappa shape index (κ1) is 19.9. The molecule has 0 unspecified atom stereocenters. The van der Waals surface area contributed by atoms with Gasteiger partial charge >= 0.3 is 0 Å². The standard InChI is InChI=1S/C23H31ClF2/c1-16-22(25)14-19(15-23(16)26)3-2-17-4-8-20(9-5-17)21-10-6-18(7-11-21)12-13-24/h12-15,17-18,20-21H,2-11H2,1H3. The van der Waals surface area contributed by atoms with Crippen molar-refractivity contribution in [3.63, 3.8) is 0 Å². The van der Waals surface area contributed by atoms with Crippen LogP contribution in [-0.4, -0.2) is 0 Å². The van der Waals surface area contributed by atoms with Crippen molar-refractivity contribution in [2.75, 3.05) is 0 Å². The molecule has 0 saturated heterocycles. The highest BCUT2D eigenvalue weighted by atomic mass is 35.5. The highest BCUT2D eigenvalue weighted by Crippen LogP contribution is 2.42. The summed E-state index contributed by atoms with van der Waals surface area (Å²) >= 11 is 5.71. The van der Waals surface area contributed by atoms with Crippen molar-refractivity contribution in [2.24, 2.45) is 23.7 Å². The van der Waals surface area contributed by atoms with Gasteiger partial charge in [0.05, 0.1) is 0 Å². The van der Waals surface area contributed by atoms with Crippen molar-refractivity contribution in [3.05, 3.63) is 46.5 Å². The number of rotatable bonds is 5. The summed E-state index contributed by atoms with van der Waals surface area (Å²) in [4.78, 5) is 0. The lowest BCUT2D eigenvalue weighted by molar-refractivity contribution is 0.153. The predicted octanol–water partition coefficient (Wildman–Crippen LogP) is 7.57. The van der Waals surface area contributed by atoms with Gasteiger partial charge in [-0.1, -0.05) is 30.5 Å². The van der Waals surface area contributed by atoms with Crippen LogP contribution in [0.2, 0.25) is 0 Å². The molecule has 2 saturated carbocycles. The van der Waals surface area contributed by atoms with Crippen LogP contribution in [0.15, 0.2) is 23.7 Å². The molecule has 0 heterocycles. The number of hydrogen-bond donors (Lipinski definition) is 0. The fourth-order valence-electron chi connectivity index (χ4n) is 5.07. The van der Waals surface area contributed by atoms with Crippen LogP contribution in [-0.2, 0) is 6.42 Å². The zero-order valence-electron chi connectivity index (χ0n) is 15.8. The molecule has 0 aliphatic heterocycles. The van der Waals surface area contributed by atoms with Crippen LogP contribution < -0.4 is 0 Å². The molecule has 0 N–H and O–H groups in total. The summed E-state index contributed by atoms with van der Waals surface area (Å²) in [6.07, 6.45) is 14.5. The normalized spacial score (nSPS) is 30.0. The molecule has 0 aromatic heterocycles. The van der Waals surface area contributed by atoms with Crippen molar-refractivity contribution in [2.45, 2.75) is 71.1 Å².